The molecule has 3 heteroatoms. The Labute approximate surface area is 78.6 Å². The second-order valence-electron chi connectivity index (χ2n) is 3.70. The molecule has 3 nitrogen and oxygen atoms in total. The molecule has 1 aliphatic carbocycles. The van der Waals surface area contributed by atoms with Crippen LogP contribution in [-0.2, 0) is 0 Å². The minimum Gasteiger partial charge on any atom is -0.366 e. The van der Waals surface area contributed by atoms with Crippen LogP contribution in [0.25, 0.3) is 0 Å². The number of rotatable bonds is 2. The Balaban J connectivity index is 2.07. The molecule has 70 valence electrons. The molecule has 0 amide bonds. The summed E-state index contributed by atoms with van der Waals surface area (Å²) in [6.07, 6.45) is 5.71. The minimum atomic E-state index is 0.636. The summed E-state index contributed by atoms with van der Waals surface area (Å²) in [4.78, 5) is 8.69. The molecule has 1 heterocycles. The van der Waals surface area contributed by atoms with E-state index in [1.165, 1.54) is 19.3 Å². The van der Waals surface area contributed by atoms with Crippen molar-refractivity contribution in [3.63, 3.8) is 0 Å². The van der Waals surface area contributed by atoms with Crippen molar-refractivity contribution in [3.8, 4) is 0 Å². The summed E-state index contributed by atoms with van der Waals surface area (Å²) in [5.41, 5.74) is 2.03. The average Bonchev–Trinajstić information content (AvgIpc) is 2.04. The van der Waals surface area contributed by atoms with Crippen LogP contribution in [0.2, 0.25) is 0 Å². The first-order valence-corrected chi connectivity index (χ1v) is 4.82. The highest BCUT2D eigenvalue weighted by molar-refractivity contribution is 5.35. The molecule has 1 aliphatic rings. The number of hydrogen-bond acceptors (Lipinski definition) is 3. The van der Waals surface area contributed by atoms with Crippen molar-refractivity contribution >= 4 is 5.82 Å². The molecular formula is C10H15N3. The molecule has 2 rings (SSSR count). The highest BCUT2D eigenvalue weighted by Crippen LogP contribution is 2.22. The summed E-state index contributed by atoms with van der Waals surface area (Å²) < 4.78 is 0. The smallest absolute Gasteiger partial charge is 0.145 e. The second-order valence-corrected chi connectivity index (χ2v) is 3.70. The largest absolute Gasteiger partial charge is 0.366 e. The van der Waals surface area contributed by atoms with Crippen molar-refractivity contribution in [1.82, 2.24) is 9.97 Å². The van der Waals surface area contributed by atoms with E-state index < -0.39 is 0 Å². The van der Waals surface area contributed by atoms with E-state index in [1.807, 2.05) is 20.0 Å². The van der Waals surface area contributed by atoms with Gasteiger partial charge < -0.3 is 5.32 Å². The summed E-state index contributed by atoms with van der Waals surface area (Å²) in [6, 6.07) is 0.636. The zero-order chi connectivity index (χ0) is 9.26. The van der Waals surface area contributed by atoms with Crippen LogP contribution in [0.5, 0.6) is 0 Å². The van der Waals surface area contributed by atoms with E-state index in [-0.39, 0.29) is 0 Å². The highest BCUT2D eigenvalue weighted by Gasteiger charge is 2.17. The van der Waals surface area contributed by atoms with E-state index in [0.717, 1.165) is 17.2 Å². The van der Waals surface area contributed by atoms with Gasteiger partial charge in [0.1, 0.15) is 5.82 Å². The van der Waals surface area contributed by atoms with Crippen molar-refractivity contribution in [2.75, 3.05) is 5.32 Å². The van der Waals surface area contributed by atoms with Crippen LogP contribution in [0.4, 0.5) is 5.82 Å². The summed E-state index contributed by atoms with van der Waals surface area (Å²) >= 11 is 0. The monoisotopic (exact) mass is 177 g/mol. The van der Waals surface area contributed by atoms with Gasteiger partial charge in [0, 0.05) is 6.04 Å². The van der Waals surface area contributed by atoms with Crippen molar-refractivity contribution in [1.29, 1.82) is 0 Å². The van der Waals surface area contributed by atoms with Crippen LogP contribution in [-0.4, -0.2) is 16.0 Å². The van der Waals surface area contributed by atoms with Gasteiger partial charge in [-0.25, -0.2) is 4.98 Å². The fraction of sp³-hybridized carbons (Fsp3) is 0.600. The summed E-state index contributed by atoms with van der Waals surface area (Å²) in [5, 5.41) is 3.37. The van der Waals surface area contributed by atoms with E-state index >= 15 is 0 Å². The third kappa shape index (κ3) is 1.79. The third-order valence-electron chi connectivity index (χ3n) is 2.65. The molecule has 1 aromatic rings. The Morgan fingerprint density at radius 2 is 2.08 bits per heavy atom. The maximum Gasteiger partial charge on any atom is 0.145 e. The lowest BCUT2D eigenvalue weighted by Crippen LogP contribution is -2.27. The standard InChI is InChI=1S/C10H15N3/c1-7-8(2)12-10(6-11-7)13-9-4-3-5-9/h6,9H,3-5H2,1-2H3,(H,12,13). The second kappa shape index (κ2) is 3.32. The zero-order valence-electron chi connectivity index (χ0n) is 8.17. The summed E-state index contributed by atoms with van der Waals surface area (Å²) in [6.45, 7) is 3.98. The van der Waals surface area contributed by atoms with Crippen LogP contribution in [0.15, 0.2) is 6.20 Å². The molecule has 0 unspecified atom stereocenters. The Hall–Kier alpha value is -1.12. The lowest BCUT2D eigenvalue weighted by atomic mass is 9.93. The van der Waals surface area contributed by atoms with E-state index in [2.05, 4.69) is 15.3 Å². The van der Waals surface area contributed by atoms with Gasteiger partial charge in [-0.1, -0.05) is 0 Å². The molecule has 1 N–H and O–H groups in total. The van der Waals surface area contributed by atoms with Crippen LogP contribution >= 0.6 is 0 Å². The first kappa shape index (κ1) is 8.48. The molecule has 0 bridgehead atoms. The predicted molar refractivity (Wildman–Crippen MR) is 52.8 cm³/mol. The molecule has 0 aliphatic heterocycles. The van der Waals surface area contributed by atoms with Crippen molar-refractivity contribution < 1.29 is 0 Å². The van der Waals surface area contributed by atoms with E-state index in [1.54, 1.807) is 0 Å². The Bertz CT molecular complexity index is 305. The Morgan fingerprint density at radius 3 is 2.62 bits per heavy atom. The number of nitrogens with zero attached hydrogens (tertiary/aromatic N) is 2. The maximum atomic E-state index is 4.42. The molecule has 0 radical (unpaired) electrons. The molecule has 0 aromatic carbocycles. The molecule has 13 heavy (non-hydrogen) atoms. The molecule has 1 saturated carbocycles. The van der Waals surface area contributed by atoms with E-state index in [0.29, 0.717) is 6.04 Å². The van der Waals surface area contributed by atoms with Crippen LogP contribution in [0.3, 0.4) is 0 Å². The number of aromatic nitrogens is 2. The normalized spacial score (nSPS) is 16.8. The number of anilines is 1. The number of nitrogens with one attached hydrogen (secondary N) is 1. The third-order valence-corrected chi connectivity index (χ3v) is 2.65. The SMILES string of the molecule is Cc1ncc(NC2CCC2)nc1C. The lowest BCUT2D eigenvalue weighted by Gasteiger charge is -2.26. The lowest BCUT2D eigenvalue weighted by molar-refractivity contribution is 0.444. The van der Waals surface area contributed by atoms with Gasteiger partial charge in [0.25, 0.3) is 0 Å². The summed E-state index contributed by atoms with van der Waals surface area (Å²) in [5.74, 6) is 0.924. The maximum absolute atomic E-state index is 4.42. The van der Waals surface area contributed by atoms with Crippen molar-refractivity contribution in [2.45, 2.75) is 39.2 Å². The van der Waals surface area contributed by atoms with E-state index in [9.17, 15) is 0 Å². The Morgan fingerprint density at radius 1 is 1.31 bits per heavy atom. The molecule has 0 saturated heterocycles. The van der Waals surface area contributed by atoms with Crippen molar-refractivity contribution in [2.24, 2.45) is 0 Å². The van der Waals surface area contributed by atoms with Gasteiger partial charge in [-0.2, -0.15) is 0 Å². The quantitative estimate of drug-likeness (QED) is 0.751. The van der Waals surface area contributed by atoms with Gasteiger partial charge in [-0.3, -0.25) is 4.98 Å². The molecule has 0 spiro atoms. The first-order chi connectivity index (χ1) is 6.25. The molecule has 0 atom stereocenters. The fourth-order valence-corrected chi connectivity index (χ4v) is 1.37. The molecular weight excluding hydrogens is 162 g/mol. The molecule has 1 fully saturated rings. The Kier molecular flexibility index (Phi) is 2.17. The van der Waals surface area contributed by atoms with Gasteiger partial charge >= 0.3 is 0 Å². The average molecular weight is 177 g/mol. The van der Waals surface area contributed by atoms with Gasteiger partial charge in [-0.05, 0) is 33.1 Å². The first-order valence-electron chi connectivity index (χ1n) is 4.82. The van der Waals surface area contributed by atoms with Gasteiger partial charge in [0.15, 0.2) is 0 Å². The zero-order valence-corrected chi connectivity index (χ0v) is 8.17. The fourth-order valence-electron chi connectivity index (χ4n) is 1.37. The van der Waals surface area contributed by atoms with Crippen LogP contribution in [0, 0.1) is 13.8 Å². The van der Waals surface area contributed by atoms with Gasteiger partial charge in [-0.15, -0.1) is 0 Å². The number of aryl methyl sites for hydroxylation is 2. The van der Waals surface area contributed by atoms with Crippen LogP contribution in [0.1, 0.15) is 30.7 Å². The molecule has 1 aromatic heterocycles. The minimum absolute atomic E-state index is 0.636. The predicted octanol–water partition coefficient (Wildman–Crippen LogP) is 2.06. The van der Waals surface area contributed by atoms with Gasteiger partial charge in [0.2, 0.25) is 0 Å². The topological polar surface area (TPSA) is 37.8 Å². The van der Waals surface area contributed by atoms with Crippen LogP contribution < -0.4 is 5.32 Å². The van der Waals surface area contributed by atoms with E-state index in [4.69, 9.17) is 0 Å². The van der Waals surface area contributed by atoms with Crippen molar-refractivity contribution in [3.05, 3.63) is 17.6 Å². The number of hydrogen-bond donors (Lipinski definition) is 1. The van der Waals surface area contributed by atoms with Gasteiger partial charge in [0.05, 0.1) is 17.6 Å². The highest BCUT2D eigenvalue weighted by atomic mass is 15.0. The summed E-state index contributed by atoms with van der Waals surface area (Å²) in [7, 11) is 0.